The second-order valence-electron chi connectivity index (χ2n) is 7.70. The monoisotopic (exact) mass is 381 g/mol. The summed E-state index contributed by atoms with van der Waals surface area (Å²) >= 11 is 0. The first-order chi connectivity index (χ1) is 12.6. The zero-order chi connectivity index (χ0) is 20.6. The van der Waals surface area contributed by atoms with Gasteiger partial charge in [0, 0.05) is 51.1 Å². The van der Waals surface area contributed by atoms with Crippen molar-refractivity contribution in [2.24, 2.45) is 0 Å². The molecule has 0 aromatic carbocycles. The van der Waals surface area contributed by atoms with Crippen LogP contribution >= 0.6 is 0 Å². The molecule has 27 heavy (non-hydrogen) atoms. The van der Waals surface area contributed by atoms with E-state index in [1.165, 1.54) is 0 Å². The lowest BCUT2D eigenvalue weighted by atomic mass is 10.1. The highest BCUT2D eigenvalue weighted by Crippen LogP contribution is 2.26. The molecular weight excluding hydrogens is 346 g/mol. The third-order valence-corrected chi connectivity index (χ3v) is 4.44. The van der Waals surface area contributed by atoms with Crippen LogP contribution in [-0.4, -0.2) is 42.4 Å². The van der Waals surface area contributed by atoms with Crippen molar-refractivity contribution >= 4 is 11.8 Å². The third-order valence-electron chi connectivity index (χ3n) is 4.44. The van der Waals surface area contributed by atoms with Crippen molar-refractivity contribution in [2.75, 3.05) is 14.2 Å². The first-order valence-electron chi connectivity index (χ1n) is 9.66. The largest absolute Gasteiger partial charge is 0.460 e. The van der Waals surface area contributed by atoms with Gasteiger partial charge >= 0.3 is 5.97 Å². The highest BCUT2D eigenvalue weighted by Gasteiger charge is 2.24. The molecular formula is C21H35NO5. The number of methoxy groups -OCH3 is 2. The number of carbonyl (C=O) groups is 2. The van der Waals surface area contributed by atoms with Gasteiger partial charge in [-0.1, -0.05) is 13.8 Å². The Hall–Kier alpha value is -1.66. The van der Waals surface area contributed by atoms with E-state index in [-0.39, 0.29) is 30.5 Å². The van der Waals surface area contributed by atoms with E-state index in [1.54, 1.807) is 14.2 Å². The number of aromatic nitrogens is 1. The van der Waals surface area contributed by atoms with E-state index in [4.69, 9.17) is 14.2 Å². The molecule has 0 fully saturated rings. The Kier molecular flexibility index (Phi) is 9.19. The molecule has 1 atom stereocenters. The van der Waals surface area contributed by atoms with Crippen molar-refractivity contribution in [2.45, 2.75) is 84.7 Å². The quantitative estimate of drug-likeness (QED) is 0.324. The van der Waals surface area contributed by atoms with Crippen LogP contribution in [0.5, 0.6) is 0 Å². The molecule has 0 spiro atoms. The average Bonchev–Trinajstić information content (AvgIpc) is 3.03. The highest BCUT2D eigenvalue weighted by molar-refractivity contribution is 5.97. The molecule has 154 valence electrons. The lowest BCUT2D eigenvalue weighted by molar-refractivity contribution is -0.156. The molecule has 0 radical (unpaired) electrons. The highest BCUT2D eigenvalue weighted by atomic mass is 16.7. The molecule has 0 unspecified atom stereocenters. The second kappa shape index (κ2) is 10.6. The number of hydrogen-bond acceptors (Lipinski definition) is 5. The van der Waals surface area contributed by atoms with Gasteiger partial charge in [-0.05, 0) is 39.2 Å². The lowest BCUT2D eigenvalue weighted by Crippen LogP contribution is -2.26. The molecule has 1 rings (SSSR count). The molecule has 1 heterocycles. The number of hydrogen-bond donors (Lipinski definition) is 0. The number of Topliss-reactive ketones (excluding diaryl/α,β-unsaturated/α-hetero) is 1. The molecule has 0 N–H and O–H groups in total. The maximum Gasteiger partial charge on any atom is 0.308 e. The molecule has 0 bridgehead atoms. The van der Waals surface area contributed by atoms with Gasteiger partial charge in [-0.25, -0.2) is 0 Å². The van der Waals surface area contributed by atoms with Crippen molar-refractivity contribution in [3.63, 3.8) is 0 Å². The Morgan fingerprint density at radius 1 is 1.07 bits per heavy atom. The lowest BCUT2D eigenvalue weighted by Gasteiger charge is -2.24. The van der Waals surface area contributed by atoms with Crippen LogP contribution in [0.4, 0.5) is 0 Å². The number of esters is 1. The summed E-state index contributed by atoms with van der Waals surface area (Å²) in [5.74, 6) is -0.137. The number of nitrogens with zero attached hydrogens (tertiary/aromatic N) is 1. The van der Waals surface area contributed by atoms with Gasteiger partial charge in [0.1, 0.15) is 5.60 Å². The van der Waals surface area contributed by atoms with Crippen LogP contribution in [0.25, 0.3) is 0 Å². The van der Waals surface area contributed by atoms with Crippen LogP contribution < -0.4 is 0 Å². The summed E-state index contributed by atoms with van der Waals surface area (Å²) in [4.78, 5) is 24.7. The smallest absolute Gasteiger partial charge is 0.308 e. The summed E-state index contributed by atoms with van der Waals surface area (Å²) in [7, 11) is 3.19. The van der Waals surface area contributed by atoms with Gasteiger partial charge < -0.3 is 18.8 Å². The molecule has 1 aromatic heterocycles. The minimum absolute atomic E-state index is 0.119. The summed E-state index contributed by atoms with van der Waals surface area (Å²) in [6.07, 6.45) is 6.29. The molecule has 0 saturated carbocycles. The predicted molar refractivity (Wildman–Crippen MR) is 105 cm³/mol. The second-order valence-corrected chi connectivity index (χ2v) is 7.70. The van der Waals surface area contributed by atoms with Crippen molar-refractivity contribution in [1.29, 1.82) is 0 Å². The van der Waals surface area contributed by atoms with E-state index in [2.05, 4.69) is 0 Å². The van der Waals surface area contributed by atoms with Gasteiger partial charge in [0.15, 0.2) is 12.1 Å². The molecule has 6 nitrogen and oxygen atoms in total. The maximum atomic E-state index is 12.4. The average molecular weight is 382 g/mol. The van der Waals surface area contributed by atoms with E-state index >= 15 is 0 Å². The number of ketones is 1. The van der Waals surface area contributed by atoms with Crippen LogP contribution in [0.2, 0.25) is 0 Å². The van der Waals surface area contributed by atoms with E-state index < -0.39 is 5.60 Å². The Balaban J connectivity index is 3.07. The Labute approximate surface area is 163 Å². The fourth-order valence-electron chi connectivity index (χ4n) is 3.05. The first kappa shape index (κ1) is 23.4. The van der Waals surface area contributed by atoms with Gasteiger partial charge in [0.2, 0.25) is 0 Å². The van der Waals surface area contributed by atoms with Crippen molar-refractivity contribution in [3.05, 3.63) is 23.5 Å². The topological polar surface area (TPSA) is 66.8 Å². The van der Waals surface area contributed by atoms with Gasteiger partial charge in [-0.15, -0.1) is 0 Å². The van der Waals surface area contributed by atoms with Gasteiger partial charge in [0.05, 0.1) is 6.42 Å². The number of aryl methyl sites for hydroxylation is 1. The summed E-state index contributed by atoms with van der Waals surface area (Å²) < 4.78 is 18.0. The number of ether oxygens (including phenoxy) is 3. The maximum absolute atomic E-state index is 12.4. The van der Waals surface area contributed by atoms with Gasteiger partial charge in [0.25, 0.3) is 0 Å². The summed E-state index contributed by atoms with van der Waals surface area (Å²) in [5.41, 5.74) is 1.22. The fourth-order valence-corrected chi connectivity index (χ4v) is 3.05. The van der Waals surface area contributed by atoms with E-state index in [9.17, 15) is 9.59 Å². The van der Waals surface area contributed by atoms with Crippen LogP contribution in [0.15, 0.2) is 12.4 Å². The Morgan fingerprint density at radius 2 is 1.70 bits per heavy atom. The minimum atomic E-state index is -0.530. The molecule has 6 heteroatoms. The van der Waals surface area contributed by atoms with E-state index in [0.29, 0.717) is 19.3 Å². The van der Waals surface area contributed by atoms with Gasteiger partial charge in [-0.2, -0.15) is 0 Å². The standard InChI is InChI=1S/C21H35NO5/c1-8-15-13-22(14-17(15)18(23)9-2)16(10-11-20(25-6)26-7)12-19(24)27-21(3,4)5/h13-14,16,20H,8-12H2,1-7H3/t16-/m0/s1. The summed E-state index contributed by atoms with van der Waals surface area (Å²) in [6.45, 7) is 9.46. The molecule has 0 aliphatic heterocycles. The molecule has 0 amide bonds. The first-order valence-corrected chi connectivity index (χ1v) is 9.66. The number of rotatable bonds is 11. The molecule has 0 saturated heterocycles. The molecule has 1 aromatic rings. The van der Waals surface area contributed by atoms with Crippen LogP contribution in [0, 0.1) is 0 Å². The third kappa shape index (κ3) is 7.46. The van der Waals surface area contributed by atoms with Crippen LogP contribution in [0.1, 0.15) is 82.3 Å². The fraction of sp³-hybridized carbons (Fsp3) is 0.714. The zero-order valence-corrected chi connectivity index (χ0v) is 17.8. The SMILES string of the molecule is CCC(=O)c1cn([C@@H](CCC(OC)OC)CC(=O)OC(C)(C)C)cc1CC. The predicted octanol–water partition coefficient (Wildman–Crippen LogP) is 4.32. The summed E-state index contributed by atoms with van der Waals surface area (Å²) in [6, 6.07) is -0.128. The van der Waals surface area contributed by atoms with E-state index in [0.717, 1.165) is 17.5 Å². The molecule has 0 aliphatic carbocycles. The van der Waals surface area contributed by atoms with Crippen LogP contribution in [0.3, 0.4) is 0 Å². The van der Waals surface area contributed by atoms with Gasteiger partial charge in [-0.3, -0.25) is 9.59 Å². The van der Waals surface area contributed by atoms with Crippen molar-refractivity contribution < 1.29 is 23.8 Å². The Bertz CT molecular complexity index is 611. The van der Waals surface area contributed by atoms with Crippen LogP contribution in [-0.2, 0) is 25.4 Å². The zero-order valence-electron chi connectivity index (χ0n) is 17.8. The number of carbonyl (C=O) groups excluding carboxylic acids is 2. The minimum Gasteiger partial charge on any atom is -0.460 e. The van der Waals surface area contributed by atoms with E-state index in [1.807, 2.05) is 51.6 Å². The van der Waals surface area contributed by atoms with Crippen molar-refractivity contribution in [1.82, 2.24) is 4.57 Å². The Morgan fingerprint density at radius 3 is 2.19 bits per heavy atom. The molecule has 0 aliphatic rings. The normalized spacial score (nSPS) is 13.0. The van der Waals surface area contributed by atoms with Crippen molar-refractivity contribution in [3.8, 4) is 0 Å². The summed E-state index contributed by atoms with van der Waals surface area (Å²) in [5, 5.41) is 0.